The van der Waals surface area contributed by atoms with E-state index in [1.807, 2.05) is 0 Å². The Morgan fingerprint density at radius 1 is 0.551 bits per heavy atom. The Bertz CT molecular complexity index is 2280. The van der Waals surface area contributed by atoms with Crippen molar-refractivity contribution < 1.29 is 71.1 Å². The Kier molecular flexibility index (Phi) is 9.81. The van der Waals surface area contributed by atoms with E-state index < -0.39 is 107 Å². The van der Waals surface area contributed by atoms with Gasteiger partial charge in [-0.05, 0) is 42.5 Å². The smallest absolute Gasteiger partial charge is 0.282 e. The molecular formula is C25H20N4O16S4. The maximum absolute atomic E-state index is 12.8. The van der Waals surface area contributed by atoms with E-state index in [1.54, 1.807) is 0 Å². The number of hydrogen-bond acceptors (Lipinski definition) is 12. The zero-order valence-corrected chi connectivity index (χ0v) is 27.1. The molecule has 2 aliphatic rings. The molecule has 2 heterocycles. The number of nitrogens with one attached hydrogen (secondary N) is 2. The van der Waals surface area contributed by atoms with Crippen LogP contribution in [-0.2, 0) is 59.7 Å². The third-order valence-corrected chi connectivity index (χ3v) is 9.66. The van der Waals surface area contributed by atoms with Crippen LogP contribution in [-0.4, -0.2) is 75.5 Å². The Hall–Kier alpha value is -5.08. The average molecular weight is 761 g/mol. The summed E-state index contributed by atoms with van der Waals surface area (Å²) in [7, 11) is -20.0. The zero-order valence-electron chi connectivity index (χ0n) is 23.8. The predicted octanol–water partition coefficient (Wildman–Crippen LogP) is -0.660. The van der Waals surface area contributed by atoms with Crippen molar-refractivity contribution >= 4 is 75.5 Å². The van der Waals surface area contributed by atoms with E-state index in [1.165, 1.54) is 30.4 Å². The summed E-state index contributed by atoms with van der Waals surface area (Å²) in [6.45, 7) is 0. The van der Waals surface area contributed by atoms with Gasteiger partial charge in [-0.1, -0.05) is 36.5 Å². The Morgan fingerprint density at radius 2 is 0.959 bits per heavy atom. The Morgan fingerprint density at radius 3 is 1.41 bits per heavy atom. The number of anilines is 2. The molecule has 49 heavy (non-hydrogen) atoms. The molecule has 20 nitrogen and oxygen atoms in total. The van der Waals surface area contributed by atoms with Crippen LogP contribution >= 0.6 is 0 Å². The quantitative estimate of drug-likeness (QED) is 0.0576. The summed E-state index contributed by atoms with van der Waals surface area (Å²) in [5, 5.41) is 0.978. The van der Waals surface area contributed by atoms with Gasteiger partial charge in [0.25, 0.3) is 64.1 Å². The number of hydrazine groups is 2. The van der Waals surface area contributed by atoms with E-state index in [4.69, 9.17) is 0 Å². The highest BCUT2D eigenvalue weighted by Gasteiger charge is 2.39. The third-order valence-electron chi connectivity index (χ3n) is 6.33. The van der Waals surface area contributed by atoms with Crippen molar-refractivity contribution in [3.63, 3.8) is 0 Å². The first-order chi connectivity index (χ1) is 22.5. The van der Waals surface area contributed by atoms with Gasteiger partial charge in [0, 0.05) is 0 Å². The van der Waals surface area contributed by atoms with Gasteiger partial charge in [-0.3, -0.25) is 48.2 Å². The fourth-order valence-electron chi connectivity index (χ4n) is 4.09. The molecule has 1 atom stereocenters. The standard InChI is InChI=1S/C25H20N4O16S4/c30-22-20(24(32)28(26-22)14-8-16(46(34,35)36)12-17(9-14)47(37,38)39)6-4-2-1-3-5-7-21-23(31)27-29(25(21)33)15-10-18(48(40,41)42)13-19(11-15)49(43,44)45/h1-13,20H,(H,26,30)(H,27,31)(H,34,35,36)(H,37,38,39)(H,40,41,42)(H,43,44,45)/b2-1+,5-3+,6-4+,21-7-. The molecule has 260 valence electrons. The van der Waals surface area contributed by atoms with Gasteiger partial charge < -0.3 is 0 Å². The number of hydrogen-bond donors (Lipinski definition) is 6. The van der Waals surface area contributed by atoms with Crippen LogP contribution in [0, 0.1) is 5.92 Å². The van der Waals surface area contributed by atoms with Crippen LogP contribution in [0.15, 0.2) is 104 Å². The maximum atomic E-state index is 12.8. The second-order valence-corrected chi connectivity index (χ2v) is 15.4. The SMILES string of the molecule is O=C1NN(c2cc(S(=O)(=O)O)cc(S(=O)(=O)O)c2)C(=O)\C1=C/C=C/C=C/C=C/C1C(=O)NN(c2cc(S(=O)(=O)O)cc(S(=O)(=O)O)c2)C1=O. The van der Waals surface area contributed by atoms with Crippen LogP contribution in [0.25, 0.3) is 0 Å². The summed E-state index contributed by atoms with van der Waals surface area (Å²) in [6, 6.07) is 3.54. The fourth-order valence-corrected chi connectivity index (χ4v) is 6.42. The first-order valence-corrected chi connectivity index (χ1v) is 18.5. The molecule has 2 fully saturated rings. The van der Waals surface area contributed by atoms with Gasteiger partial charge in [0.2, 0.25) is 0 Å². The molecule has 2 aromatic carbocycles. The highest BCUT2D eigenvalue weighted by Crippen LogP contribution is 2.29. The molecular weight excluding hydrogens is 741 g/mol. The summed E-state index contributed by atoms with van der Waals surface area (Å²) < 4.78 is 130. The van der Waals surface area contributed by atoms with Crippen LogP contribution in [0.3, 0.4) is 0 Å². The normalized spacial score (nSPS) is 18.9. The van der Waals surface area contributed by atoms with Gasteiger partial charge in [0.05, 0.1) is 31.0 Å². The molecule has 0 radical (unpaired) electrons. The van der Waals surface area contributed by atoms with E-state index in [9.17, 15) is 71.1 Å². The van der Waals surface area contributed by atoms with E-state index in [0.29, 0.717) is 46.4 Å². The molecule has 4 amide bonds. The molecule has 0 spiro atoms. The van der Waals surface area contributed by atoms with Crippen molar-refractivity contribution in [2.24, 2.45) is 5.92 Å². The van der Waals surface area contributed by atoms with Gasteiger partial charge in [0.15, 0.2) is 0 Å². The van der Waals surface area contributed by atoms with Crippen LogP contribution < -0.4 is 20.9 Å². The maximum Gasteiger partial charge on any atom is 0.294 e. The van der Waals surface area contributed by atoms with Gasteiger partial charge >= 0.3 is 0 Å². The van der Waals surface area contributed by atoms with E-state index in [2.05, 4.69) is 10.9 Å². The highest BCUT2D eigenvalue weighted by atomic mass is 32.2. The minimum absolute atomic E-state index is 0.426. The van der Waals surface area contributed by atoms with Crippen molar-refractivity contribution in [1.82, 2.24) is 10.9 Å². The van der Waals surface area contributed by atoms with Crippen molar-refractivity contribution in [3.05, 3.63) is 84.5 Å². The second kappa shape index (κ2) is 13.1. The second-order valence-electron chi connectivity index (χ2n) is 9.67. The van der Waals surface area contributed by atoms with Gasteiger partial charge in [-0.2, -0.15) is 33.7 Å². The minimum Gasteiger partial charge on any atom is -0.282 e. The predicted molar refractivity (Wildman–Crippen MR) is 162 cm³/mol. The zero-order chi connectivity index (χ0) is 36.7. The highest BCUT2D eigenvalue weighted by molar-refractivity contribution is 7.87. The lowest BCUT2D eigenvalue weighted by molar-refractivity contribution is -0.125. The average Bonchev–Trinajstić information content (AvgIpc) is 3.43. The van der Waals surface area contributed by atoms with E-state index in [0.717, 1.165) is 12.2 Å². The molecule has 24 heteroatoms. The molecule has 1 unspecified atom stereocenters. The topological polar surface area (TPSA) is 316 Å². The number of rotatable bonds is 10. The van der Waals surface area contributed by atoms with Crippen LogP contribution in [0.5, 0.6) is 0 Å². The van der Waals surface area contributed by atoms with Crippen molar-refractivity contribution in [2.75, 3.05) is 10.0 Å². The Labute approximate surface area is 276 Å². The summed E-state index contributed by atoms with van der Waals surface area (Å²) >= 11 is 0. The molecule has 0 aliphatic carbocycles. The monoisotopic (exact) mass is 760 g/mol. The molecule has 0 saturated carbocycles. The largest absolute Gasteiger partial charge is 0.294 e. The molecule has 2 aromatic rings. The van der Waals surface area contributed by atoms with E-state index in [-0.39, 0.29) is 0 Å². The van der Waals surface area contributed by atoms with E-state index >= 15 is 0 Å². The summed E-state index contributed by atoms with van der Waals surface area (Å²) in [5.74, 6) is -5.48. The number of carbonyl (C=O) groups excluding carboxylic acids is 4. The summed E-state index contributed by atoms with van der Waals surface area (Å²) in [4.78, 5) is 46.4. The van der Waals surface area contributed by atoms with Crippen LogP contribution in [0.4, 0.5) is 11.4 Å². The summed E-state index contributed by atoms with van der Waals surface area (Å²) in [5.41, 5.74) is 2.61. The number of carbonyl (C=O) groups is 4. The van der Waals surface area contributed by atoms with Gasteiger partial charge in [-0.15, -0.1) is 0 Å². The third kappa shape index (κ3) is 8.32. The lowest BCUT2D eigenvalue weighted by Gasteiger charge is -2.17. The molecule has 2 saturated heterocycles. The molecule has 6 N–H and O–H groups in total. The molecule has 0 aromatic heterocycles. The first kappa shape index (κ1) is 36.8. The van der Waals surface area contributed by atoms with Crippen molar-refractivity contribution in [3.8, 4) is 0 Å². The fraction of sp³-hybridized carbons (Fsp3) is 0.0400. The number of benzene rings is 2. The van der Waals surface area contributed by atoms with Gasteiger partial charge in [0.1, 0.15) is 11.5 Å². The minimum atomic E-state index is -5.01. The number of allylic oxidation sites excluding steroid dienone is 6. The molecule has 4 rings (SSSR count). The van der Waals surface area contributed by atoms with Crippen molar-refractivity contribution in [2.45, 2.75) is 19.6 Å². The van der Waals surface area contributed by atoms with Crippen molar-refractivity contribution in [1.29, 1.82) is 0 Å². The lowest BCUT2D eigenvalue weighted by Crippen LogP contribution is -2.36. The molecule has 2 aliphatic heterocycles. The number of amides is 4. The van der Waals surface area contributed by atoms with Crippen LogP contribution in [0.1, 0.15) is 0 Å². The van der Waals surface area contributed by atoms with Crippen LogP contribution in [0.2, 0.25) is 0 Å². The summed E-state index contributed by atoms with van der Waals surface area (Å²) in [6.07, 6.45) is 8.46. The van der Waals surface area contributed by atoms with Gasteiger partial charge in [-0.25, -0.2) is 10.0 Å². The lowest BCUT2D eigenvalue weighted by atomic mass is 10.1. The number of nitrogens with zero attached hydrogens (tertiary/aromatic N) is 2. The molecule has 0 bridgehead atoms. The first-order valence-electron chi connectivity index (χ1n) is 12.7. The Balaban J connectivity index is 1.47.